The fourth-order valence-electron chi connectivity index (χ4n) is 2.85. The molecule has 0 aliphatic carbocycles. The van der Waals surface area contributed by atoms with E-state index in [2.05, 4.69) is 5.32 Å². The van der Waals surface area contributed by atoms with Crippen LogP contribution in [0.25, 0.3) is 0 Å². The molecule has 1 amide bonds. The monoisotopic (exact) mass is 388 g/mol. The van der Waals surface area contributed by atoms with E-state index in [1.54, 1.807) is 48.5 Å². The third-order valence-electron chi connectivity index (χ3n) is 4.13. The average Bonchev–Trinajstić information content (AvgIpc) is 2.59. The lowest BCUT2D eigenvalue weighted by atomic mass is 10.1. The van der Waals surface area contributed by atoms with Crippen LogP contribution in [0.5, 0.6) is 5.75 Å². The van der Waals surface area contributed by atoms with Gasteiger partial charge < -0.3 is 10.1 Å². The quantitative estimate of drug-likeness (QED) is 0.877. The largest absolute Gasteiger partial charge is 0.476 e. The summed E-state index contributed by atoms with van der Waals surface area (Å²) in [5, 5.41) is 2.85. The maximum Gasteiger partial charge on any atom is 0.264 e. The van der Waals surface area contributed by atoms with Crippen molar-refractivity contribution in [1.29, 1.82) is 0 Å². The number of carbonyl (C=O) groups excluding carboxylic acids is 1. The molecule has 0 spiro atoms. The van der Waals surface area contributed by atoms with Crippen LogP contribution >= 0.6 is 0 Å². The van der Waals surface area contributed by atoms with E-state index in [0.29, 0.717) is 11.4 Å². The number of rotatable bonds is 3. The van der Waals surface area contributed by atoms with Crippen molar-refractivity contribution in [3.05, 3.63) is 54.1 Å². The van der Waals surface area contributed by atoms with Gasteiger partial charge in [-0.1, -0.05) is 29.8 Å². The highest BCUT2D eigenvalue weighted by Crippen LogP contribution is 2.36. The van der Waals surface area contributed by atoms with E-state index in [4.69, 9.17) is 4.74 Å². The van der Waals surface area contributed by atoms with Gasteiger partial charge in [0.05, 0.1) is 17.1 Å². The molecule has 1 atom stereocenters. The van der Waals surface area contributed by atoms with Crippen molar-refractivity contribution >= 4 is 21.6 Å². The molecule has 0 unspecified atom stereocenters. The molecule has 0 radical (unpaired) electrons. The van der Waals surface area contributed by atoms with Crippen molar-refractivity contribution in [3.8, 4) is 5.75 Å². The van der Waals surface area contributed by atoms with Crippen molar-refractivity contribution in [3.63, 3.8) is 0 Å². The van der Waals surface area contributed by atoms with Crippen LogP contribution in [-0.4, -0.2) is 32.5 Å². The second-order valence-corrected chi connectivity index (χ2v) is 9.52. The van der Waals surface area contributed by atoms with E-state index < -0.39 is 21.7 Å². The lowest BCUT2D eigenvalue weighted by Crippen LogP contribution is -2.54. The Morgan fingerprint density at radius 1 is 1.11 bits per heavy atom. The average molecular weight is 388 g/mol. The van der Waals surface area contributed by atoms with Gasteiger partial charge in [-0.3, -0.25) is 9.10 Å². The molecule has 1 aliphatic heterocycles. The zero-order valence-electron chi connectivity index (χ0n) is 15.9. The SMILES string of the molecule is Cc1ccc(S(=O)(=O)N2C[C@H](C(=O)NC(C)(C)C)Oc3ccccc32)cc1. The van der Waals surface area contributed by atoms with Crippen LogP contribution in [0, 0.1) is 6.92 Å². The van der Waals surface area contributed by atoms with E-state index in [9.17, 15) is 13.2 Å². The zero-order valence-corrected chi connectivity index (χ0v) is 16.7. The molecule has 1 N–H and O–H groups in total. The second-order valence-electron chi connectivity index (χ2n) is 7.66. The minimum absolute atomic E-state index is 0.0882. The van der Waals surface area contributed by atoms with Gasteiger partial charge >= 0.3 is 0 Å². The Balaban J connectivity index is 2.00. The number of fused-ring (bicyclic) bond motifs is 1. The van der Waals surface area contributed by atoms with Crippen LogP contribution in [0.1, 0.15) is 26.3 Å². The number of nitrogens with zero attached hydrogens (tertiary/aromatic N) is 1. The Morgan fingerprint density at radius 3 is 2.37 bits per heavy atom. The number of nitrogens with one attached hydrogen (secondary N) is 1. The Morgan fingerprint density at radius 2 is 1.74 bits per heavy atom. The number of carbonyl (C=O) groups is 1. The lowest BCUT2D eigenvalue weighted by Gasteiger charge is -2.35. The summed E-state index contributed by atoms with van der Waals surface area (Å²) >= 11 is 0. The van der Waals surface area contributed by atoms with Crippen LogP contribution in [0.3, 0.4) is 0 Å². The molecule has 2 aromatic carbocycles. The van der Waals surface area contributed by atoms with Crippen LogP contribution in [0.2, 0.25) is 0 Å². The summed E-state index contributed by atoms with van der Waals surface area (Å²) in [5.74, 6) is 0.0228. The third kappa shape index (κ3) is 4.08. The number of benzene rings is 2. The number of hydrogen-bond acceptors (Lipinski definition) is 4. The Labute approximate surface area is 160 Å². The van der Waals surface area contributed by atoms with Gasteiger partial charge in [0.1, 0.15) is 5.75 Å². The molecule has 1 aliphatic rings. The third-order valence-corrected chi connectivity index (χ3v) is 5.93. The highest BCUT2D eigenvalue weighted by molar-refractivity contribution is 7.92. The summed E-state index contributed by atoms with van der Waals surface area (Å²) in [4.78, 5) is 12.8. The smallest absolute Gasteiger partial charge is 0.264 e. The molecule has 144 valence electrons. The molecule has 0 saturated heterocycles. The molecule has 0 bridgehead atoms. The van der Waals surface area contributed by atoms with Crippen molar-refractivity contribution in [2.75, 3.05) is 10.8 Å². The van der Waals surface area contributed by atoms with Gasteiger partial charge in [-0.2, -0.15) is 0 Å². The van der Waals surface area contributed by atoms with Crippen molar-refractivity contribution in [2.45, 2.75) is 44.2 Å². The summed E-state index contributed by atoms with van der Waals surface area (Å²) in [6.45, 7) is 7.40. The lowest BCUT2D eigenvalue weighted by molar-refractivity contribution is -0.129. The minimum Gasteiger partial charge on any atom is -0.476 e. The van der Waals surface area contributed by atoms with Crippen LogP contribution < -0.4 is 14.4 Å². The Hall–Kier alpha value is -2.54. The van der Waals surface area contributed by atoms with Gasteiger partial charge in [0.2, 0.25) is 0 Å². The molecule has 0 aromatic heterocycles. The molecular formula is C20H24N2O4S. The van der Waals surface area contributed by atoms with Crippen LogP contribution in [0.4, 0.5) is 5.69 Å². The number of amides is 1. The fraction of sp³-hybridized carbons (Fsp3) is 0.350. The number of ether oxygens (including phenoxy) is 1. The van der Waals surface area contributed by atoms with Gasteiger partial charge in [0.15, 0.2) is 6.10 Å². The molecule has 7 heteroatoms. The normalized spacial score (nSPS) is 17.0. The molecule has 0 saturated carbocycles. The maximum absolute atomic E-state index is 13.3. The Bertz CT molecular complexity index is 947. The van der Waals surface area contributed by atoms with E-state index in [1.807, 2.05) is 27.7 Å². The van der Waals surface area contributed by atoms with E-state index in [0.717, 1.165) is 5.56 Å². The summed E-state index contributed by atoms with van der Waals surface area (Å²) < 4.78 is 33.6. The van der Waals surface area contributed by atoms with Gasteiger partial charge in [0.25, 0.3) is 15.9 Å². The Kier molecular flexibility index (Phi) is 4.90. The molecule has 6 nitrogen and oxygen atoms in total. The molecule has 1 heterocycles. The number of sulfonamides is 1. The number of hydrogen-bond donors (Lipinski definition) is 1. The van der Waals surface area contributed by atoms with Crippen LogP contribution in [0.15, 0.2) is 53.4 Å². The van der Waals surface area contributed by atoms with Gasteiger partial charge in [-0.05, 0) is 52.0 Å². The molecule has 2 aromatic rings. The molecule has 3 rings (SSSR count). The van der Waals surface area contributed by atoms with E-state index in [-0.39, 0.29) is 17.3 Å². The number of para-hydroxylation sites is 2. The summed E-state index contributed by atoms with van der Waals surface area (Å²) in [6, 6.07) is 13.5. The summed E-state index contributed by atoms with van der Waals surface area (Å²) in [6.07, 6.45) is -0.931. The first-order valence-corrected chi connectivity index (χ1v) is 10.2. The van der Waals surface area contributed by atoms with Crippen molar-refractivity contribution in [2.24, 2.45) is 0 Å². The van der Waals surface area contributed by atoms with Gasteiger partial charge in [0, 0.05) is 5.54 Å². The highest BCUT2D eigenvalue weighted by atomic mass is 32.2. The predicted octanol–water partition coefficient (Wildman–Crippen LogP) is 2.87. The minimum atomic E-state index is -3.83. The molecule has 27 heavy (non-hydrogen) atoms. The number of anilines is 1. The van der Waals surface area contributed by atoms with Gasteiger partial charge in [-0.15, -0.1) is 0 Å². The fourth-order valence-corrected chi connectivity index (χ4v) is 4.33. The van der Waals surface area contributed by atoms with Crippen molar-refractivity contribution in [1.82, 2.24) is 5.32 Å². The molecule has 0 fully saturated rings. The first kappa shape index (κ1) is 19.2. The molecular weight excluding hydrogens is 364 g/mol. The first-order valence-electron chi connectivity index (χ1n) is 8.75. The van der Waals surface area contributed by atoms with E-state index >= 15 is 0 Å². The summed E-state index contributed by atoms with van der Waals surface area (Å²) in [7, 11) is -3.83. The first-order chi connectivity index (χ1) is 12.6. The van der Waals surface area contributed by atoms with Crippen LogP contribution in [-0.2, 0) is 14.8 Å². The zero-order chi connectivity index (χ0) is 19.8. The predicted molar refractivity (Wildman–Crippen MR) is 104 cm³/mol. The maximum atomic E-state index is 13.3. The highest BCUT2D eigenvalue weighted by Gasteiger charge is 2.38. The second kappa shape index (κ2) is 6.88. The van der Waals surface area contributed by atoms with Gasteiger partial charge in [-0.25, -0.2) is 8.42 Å². The topological polar surface area (TPSA) is 75.7 Å². The summed E-state index contributed by atoms with van der Waals surface area (Å²) in [5.41, 5.74) is 0.953. The number of aryl methyl sites for hydroxylation is 1. The van der Waals surface area contributed by atoms with Crippen molar-refractivity contribution < 1.29 is 17.9 Å². The standard InChI is InChI=1S/C20H24N2O4S/c1-14-9-11-15(12-10-14)27(24,25)22-13-18(19(23)21-20(2,3)4)26-17-8-6-5-7-16(17)22/h5-12,18H,13H2,1-4H3,(H,21,23)/t18-/m1/s1. The van der Waals surface area contributed by atoms with E-state index in [1.165, 1.54) is 4.31 Å².